The summed E-state index contributed by atoms with van der Waals surface area (Å²) in [5, 5.41) is 0.682. The van der Waals surface area contributed by atoms with Crippen LogP contribution in [0.3, 0.4) is 0 Å². The van der Waals surface area contributed by atoms with E-state index in [0.29, 0.717) is 11.2 Å². The van der Waals surface area contributed by atoms with Crippen molar-refractivity contribution in [1.29, 1.82) is 0 Å². The molecule has 0 aliphatic carbocycles. The highest BCUT2D eigenvalue weighted by molar-refractivity contribution is 7.20. The molecular weight excluding hydrogens is 292 g/mol. The van der Waals surface area contributed by atoms with Crippen molar-refractivity contribution in [2.24, 2.45) is 5.73 Å². The molecule has 3 aromatic rings. The Morgan fingerprint density at radius 3 is 2.64 bits per heavy atom. The van der Waals surface area contributed by atoms with E-state index in [-0.39, 0.29) is 0 Å². The van der Waals surface area contributed by atoms with Gasteiger partial charge in [0.1, 0.15) is 5.75 Å². The van der Waals surface area contributed by atoms with E-state index in [9.17, 15) is 0 Å². The van der Waals surface area contributed by atoms with Gasteiger partial charge in [0.15, 0.2) is 0 Å². The highest BCUT2D eigenvalue weighted by Gasteiger charge is 2.06. The average molecular weight is 312 g/mol. The summed E-state index contributed by atoms with van der Waals surface area (Å²) in [6, 6.07) is 16.5. The molecule has 1 atom stereocenters. The van der Waals surface area contributed by atoms with Crippen LogP contribution in [0.4, 0.5) is 0 Å². The highest BCUT2D eigenvalue weighted by atomic mass is 32.1. The smallest absolute Gasteiger partial charge is 0.279 e. The van der Waals surface area contributed by atoms with Crippen molar-refractivity contribution < 1.29 is 4.74 Å². The largest absolute Gasteiger partial charge is 0.431 e. The summed E-state index contributed by atoms with van der Waals surface area (Å²) in [4.78, 5) is 4.48. The van der Waals surface area contributed by atoms with Crippen LogP contribution in [0.5, 0.6) is 10.9 Å². The number of aryl methyl sites for hydroxylation is 1. The van der Waals surface area contributed by atoms with Crippen LogP contribution in [0.1, 0.15) is 25.3 Å². The quantitative estimate of drug-likeness (QED) is 0.714. The number of ether oxygens (including phenoxy) is 1. The Morgan fingerprint density at radius 1 is 1.14 bits per heavy atom. The van der Waals surface area contributed by atoms with E-state index in [2.05, 4.69) is 30.1 Å². The van der Waals surface area contributed by atoms with Crippen molar-refractivity contribution in [2.75, 3.05) is 0 Å². The minimum atomic E-state index is 0.290. The zero-order valence-electron chi connectivity index (χ0n) is 12.7. The number of benzene rings is 2. The second kappa shape index (κ2) is 6.90. The first kappa shape index (κ1) is 15.0. The van der Waals surface area contributed by atoms with Crippen LogP contribution in [-0.2, 0) is 6.42 Å². The zero-order valence-corrected chi connectivity index (χ0v) is 13.5. The Morgan fingerprint density at radius 2 is 1.91 bits per heavy atom. The lowest BCUT2D eigenvalue weighted by Crippen LogP contribution is -2.18. The lowest BCUT2D eigenvalue weighted by molar-refractivity contribution is 0.480. The SMILES string of the molecule is CCC(N)CCc1ccc(Oc2nc3ccccc3s2)cc1. The van der Waals surface area contributed by atoms with Crippen LogP contribution < -0.4 is 10.5 Å². The van der Waals surface area contributed by atoms with Gasteiger partial charge in [0, 0.05) is 6.04 Å². The molecule has 0 aliphatic heterocycles. The van der Waals surface area contributed by atoms with Crippen molar-refractivity contribution in [3.05, 3.63) is 54.1 Å². The van der Waals surface area contributed by atoms with Gasteiger partial charge >= 0.3 is 0 Å². The van der Waals surface area contributed by atoms with Crippen LogP contribution in [0.25, 0.3) is 10.2 Å². The summed E-state index contributed by atoms with van der Waals surface area (Å²) in [6.45, 7) is 2.12. The molecule has 0 saturated carbocycles. The van der Waals surface area contributed by atoms with Gasteiger partial charge in [-0.2, -0.15) is 0 Å². The van der Waals surface area contributed by atoms with E-state index in [1.54, 1.807) is 11.3 Å². The van der Waals surface area contributed by atoms with Crippen molar-refractivity contribution in [3.8, 4) is 10.9 Å². The summed E-state index contributed by atoms with van der Waals surface area (Å²) in [5.41, 5.74) is 8.23. The predicted molar refractivity (Wildman–Crippen MR) is 92.7 cm³/mol. The Hall–Kier alpha value is -1.91. The molecule has 4 heteroatoms. The van der Waals surface area contributed by atoms with Gasteiger partial charge in [-0.1, -0.05) is 42.5 Å². The van der Waals surface area contributed by atoms with Gasteiger partial charge in [-0.3, -0.25) is 0 Å². The van der Waals surface area contributed by atoms with Gasteiger partial charge < -0.3 is 10.5 Å². The maximum Gasteiger partial charge on any atom is 0.279 e. The van der Waals surface area contributed by atoms with E-state index in [1.165, 1.54) is 5.56 Å². The van der Waals surface area contributed by atoms with E-state index >= 15 is 0 Å². The van der Waals surface area contributed by atoms with Crippen LogP contribution in [-0.4, -0.2) is 11.0 Å². The molecule has 3 nitrogen and oxygen atoms in total. The average Bonchev–Trinajstić information content (AvgIpc) is 2.96. The van der Waals surface area contributed by atoms with Crippen LogP contribution in [0.15, 0.2) is 48.5 Å². The maximum absolute atomic E-state index is 5.96. The number of hydrogen-bond acceptors (Lipinski definition) is 4. The summed E-state index contributed by atoms with van der Waals surface area (Å²) >= 11 is 1.56. The molecule has 0 bridgehead atoms. The van der Waals surface area contributed by atoms with Gasteiger partial charge in [0.2, 0.25) is 0 Å². The molecule has 2 aromatic carbocycles. The third kappa shape index (κ3) is 3.64. The molecule has 0 spiro atoms. The Bertz CT molecular complexity index is 703. The number of nitrogens with two attached hydrogens (primary N) is 1. The summed E-state index contributed by atoms with van der Waals surface area (Å²) in [7, 11) is 0. The Kier molecular flexibility index (Phi) is 4.71. The minimum absolute atomic E-state index is 0.290. The summed E-state index contributed by atoms with van der Waals surface area (Å²) in [5.74, 6) is 0.822. The van der Waals surface area contributed by atoms with Gasteiger partial charge in [-0.25, -0.2) is 4.98 Å². The number of nitrogens with zero attached hydrogens (tertiary/aromatic N) is 1. The second-order valence-electron chi connectivity index (χ2n) is 5.40. The first-order valence-corrected chi connectivity index (χ1v) is 8.44. The molecule has 0 fully saturated rings. The van der Waals surface area contributed by atoms with Gasteiger partial charge in [-0.15, -0.1) is 0 Å². The molecule has 114 valence electrons. The van der Waals surface area contributed by atoms with Gasteiger partial charge in [0.05, 0.1) is 10.2 Å². The lowest BCUT2D eigenvalue weighted by Gasteiger charge is -2.08. The first-order chi connectivity index (χ1) is 10.7. The Balaban J connectivity index is 1.65. The minimum Gasteiger partial charge on any atom is -0.431 e. The van der Waals surface area contributed by atoms with Gasteiger partial charge in [0.25, 0.3) is 5.19 Å². The molecule has 1 unspecified atom stereocenters. The van der Waals surface area contributed by atoms with Crippen LogP contribution in [0, 0.1) is 0 Å². The number of para-hydroxylation sites is 1. The summed E-state index contributed by atoms with van der Waals surface area (Å²) < 4.78 is 6.99. The molecule has 22 heavy (non-hydrogen) atoms. The van der Waals surface area contributed by atoms with Crippen molar-refractivity contribution in [1.82, 2.24) is 4.98 Å². The molecule has 0 aliphatic rings. The van der Waals surface area contributed by atoms with Crippen LogP contribution in [0.2, 0.25) is 0 Å². The third-order valence-corrected chi connectivity index (χ3v) is 4.65. The molecule has 1 heterocycles. The van der Waals surface area contributed by atoms with Crippen molar-refractivity contribution >= 4 is 21.6 Å². The number of rotatable bonds is 6. The Labute approximate surface area is 134 Å². The highest BCUT2D eigenvalue weighted by Crippen LogP contribution is 2.31. The standard InChI is InChI=1S/C18H20N2OS/c1-2-14(19)10-7-13-8-11-15(12-9-13)21-18-20-16-5-3-4-6-17(16)22-18/h3-6,8-9,11-12,14H,2,7,10,19H2,1H3. The fourth-order valence-corrected chi connectivity index (χ4v) is 3.11. The monoisotopic (exact) mass is 312 g/mol. The molecule has 0 radical (unpaired) electrons. The molecule has 0 amide bonds. The molecule has 3 rings (SSSR count). The number of thiazole rings is 1. The van der Waals surface area contributed by atoms with E-state index in [1.807, 2.05) is 30.3 Å². The van der Waals surface area contributed by atoms with E-state index < -0.39 is 0 Å². The fraction of sp³-hybridized carbons (Fsp3) is 0.278. The lowest BCUT2D eigenvalue weighted by atomic mass is 10.0. The summed E-state index contributed by atoms with van der Waals surface area (Å²) in [6.07, 6.45) is 3.06. The predicted octanol–water partition coefficient (Wildman–Crippen LogP) is 4.76. The van der Waals surface area contributed by atoms with Crippen molar-refractivity contribution in [3.63, 3.8) is 0 Å². The van der Waals surface area contributed by atoms with E-state index in [0.717, 1.165) is 35.2 Å². The molecule has 2 N–H and O–H groups in total. The zero-order chi connectivity index (χ0) is 15.4. The maximum atomic E-state index is 5.96. The van der Waals surface area contributed by atoms with Crippen molar-refractivity contribution in [2.45, 2.75) is 32.2 Å². The van der Waals surface area contributed by atoms with Gasteiger partial charge in [-0.05, 0) is 49.1 Å². The number of hydrogen-bond donors (Lipinski definition) is 1. The number of fused-ring (bicyclic) bond motifs is 1. The normalized spacial score (nSPS) is 12.5. The second-order valence-corrected chi connectivity index (χ2v) is 6.39. The molecular formula is C18H20N2OS. The fourth-order valence-electron chi connectivity index (χ4n) is 2.28. The van der Waals surface area contributed by atoms with Crippen LogP contribution >= 0.6 is 11.3 Å². The van der Waals surface area contributed by atoms with E-state index in [4.69, 9.17) is 10.5 Å². The molecule has 0 saturated heterocycles. The first-order valence-electron chi connectivity index (χ1n) is 7.62. The molecule has 1 aromatic heterocycles. The number of aromatic nitrogens is 1. The topological polar surface area (TPSA) is 48.1 Å². The third-order valence-electron chi connectivity index (χ3n) is 3.73.